The first-order chi connectivity index (χ1) is 10.1. The minimum atomic E-state index is 0.000532. The zero-order valence-electron chi connectivity index (χ0n) is 13.8. The van der Waals surface area contributed by atoms with Gasteiger partial charge in [0.1, 0.15) is 0 Å². The monoisotopic (exact) mass is 297 g/mol. The molecule has 2 aliphatic rings. The van der Waals surface area contributed by atoms with Gasteiger partial charge in [-0.05, 0) is 58.8 Å². The molecular weight excluding hydrogens is 266 g/mol. The Bertz CT molecular complexity index is 339. The molecule has 21 heavy (non-hydrogen) atoms. The highest BCUT2D eigenvalue weighted by atomic mass is 16.5. The summed E-state index contributed by atoms with van der Waals surface area (Å²) in [4.78, 5) is 11.8. The summed E-state index contributed by atoms with van der Waals surface area (Å²) in [6, 6.07) is 1.12. The third kappa shape index (κ3) is 4.68. The maximum absolute atomic E-state index is 11.8. The Morgan fingerprint density at radius 1 is 1.19 bits per heavy atom. The summed E-state index contributed by atoms with van der Waals surface area (Å²) in [6.45, 7) is 7.65. The third-order valence-corrected chi connectivity index (χ3v) is 5.16. The zero-order valence-corrected chi connectivity index (χ0v) is 13.8. The lowest BCUT2D eigenvalue weighted by molar-refractivity contribution is -0.149. The predicted molar refractivity (Wildman–Crippen MR) is 83.2 cm³/mol. The molecule has 2 fully saturated rings. The molecule has 4 heteroatoms. The second-order valence-corrected chi connectivity index (χ2v) is 6.81. The fourth-order valence-corrected chi connectivity index (χ4v) is 3.61. The molecule has 0 amide bonds. The van der Waals surface area contributed by atoms with Crippen molar-refractivity contribution < 1.29 is 14.3 Å². The van der Waals surface area contributed by atoms with Crippen molar-refractivity contribution in [3.63, 3.8) is 0 Å². The van der Waals surface area contributed by atoms with E-state index < -0.39 is 0 Å². The summed E-state index contributed by atoms with van der Waals surface area (Å²) in [5.74, 6) is 0.124. The number of esters is 1. The maximum atomic E-state index is 11.8. The van der Waals surface area contributed by atoms with Gasteiger partial charge in [-0.1, -0.05) is 6.92 Å². The largest absolute Gasteiger partial charge is 0.466 e. The van der Waals surface area contributed by atoms with E-state index in [9.17, 15) is 4.79 Å². The number of nitrogens with one attached hydrogen (secondary N) is 1. The Morgan fingerprint density at radius 3 is 2.52 bits per heavy atom. The number of hydrogen-bond donors (Lipinski definition) is 1. The first-order valence-electron chi connectivity index (χ1n) is 8.63. The van der Waals surface area contributed by atoms with Crippen molar-refractivity contribution in [1.82, 2.24) is 5.32 Å². The van der Waals surface area contributed by atoms with Crippen molar-refractivity contribution >= 4 is 5.97 Å². The fourth-order valence-electron chi connectivity index (χ4n) is 3.61. The van der Waals surface area contributed by atoms with E-state index >= 15 is 0 Å². The van der Waals surface area contributed by atoms with Gasteiger partial charge in [-0.15, -0.1) is 0 Å². The highest BCUT2D eigenvalue weighted by Crippen LogP contribution is 2.30. The fraction of sp³-hybridized carbons (Fsp3) is 0.941. The lowest BCUT2D eigenvalue weighted by Crippen LogP contribution is -2.49. The van der Waals surface area contributed by atoms with Crippen molar-refractivity contribution in [1.29, 1.82) is 0 Å². The van der Waals surface area contributed by atoms with E-state index in [4.69, 9.17) is 9.47 Å². The smallest absolute Gasteiger partial charge is 0.308 e. The number of rotatable bonds is 5. The Labute approximate surface area is 129 Å². The third-order valence-electron chi connectivity index (χ3n) is 5.16. The van der Waals surface area contributed by atoms with Crippen LogP contribution in [0, 0.1) is 5.92 Å². The molecule has 122 valence electrons. The van der Waals surface area contributed by atoms with Gasteiger partial charge < -0.3 is 14.8 Å². The van der Waals surface area contributed by atoms with Gasteiger partial charge in [0.2, 0.25) is 0 Å². The van der Waals surface area contributed by atoms with Gasteiger partial charge in [0.05, 0.1) is 18.1 Å². The van der Waals surface area contributed by atoms with Crippen LogP contribution in [0.25, 0.3) is 0 Å². The molecule has 4 nitrogen and oxygen atoms in total. The first kappa shape index (κ1) is 16.8. The summed E-state index contributed by atoms with van der Waals surface area (Å²) in [5.41, 5.74) is 0.0397. The van der Waals surface area contributed by atoms with Crippen LogP contribution in [0.4, 0.5) is 0 Å². The molecule has 0 radical (unpaired) electrons. The normalized spacial score (nSPS) is 37.2. The molecule has 1 aliphatic carbocycles. The van der Waals surface area contributed by atoms with Gasteiger partial charge >= 0.3 is 5.97 Å². The quantitative estimate of drug-likeness (QED) is 0.792. The molecule has 2 unspecified atom stereocenters. The molecule has 1 saturated heterocycles. The van der Waals surface area contributed by atoms with Gasteiger partial charge in [-0.25, -0.2) is 0 Å². The van der Waals surface area contributed by atoms with Crippen molar-refractivity contribution in [2.24, 2.45) is 5.92 Å². The molecule has 1 aliphatic heterocycles. The Kier molecular flexibility index (Phi) is 6.06. The lowest BCUT2D eigenvalue weighted by Gasteiger charge is -2.40. The molecule has 1 saturated carbocycles. The van der Waals surface area contributed by atoms with Gasteiger partial charge in [-0.2, -0.15) is 0 Å². The van der Waals surface area contributed by atoms with E-state index in [2.05, 4.69) is 19.2 Å². The average molecular weight is 297 g/mol. The first-order valence-corrected chi connectivity index (χ1v) is 8.63. The predicted octanol–water partition coefficient (Wildman–Crippen LogP) is 3.05. The van der Waals surface area contributed by atoms with Gasteiger partial charge in [-0.3, -0.25) is 4.79 Å². The second-order valence-electron chi connectivity index (χ2n) is 6.81. The molecule has 0 spiro atoms. The summed E-state index contributed by atoms with van der Waals surface area (Å²) < 4.78 is 11.0. The SMILES string of the molecule is CCOC(=O)C1CCC(NC2CCOC(C)(CC)C2)CC1. The Morgan fingerprint density at radius 2 is 1.90 bits per heavy atom. The number of carbonyl (C=O) groups is 1. The van der Waals surface area contributed by atoms with E-state index in [1.165, 1.54) is 0 Å². The standard InChI is InChI=1S/C17H31NO3/c1-4-17(3)12-15(10-11-21-17)18-14-8-6-13(7-9-14)16(19)20-5-2/h13-15,18H,4-12H2,1-3H3. The van der Waals surface area contributed by atoms with Crippen LogP contribution in [0.2, 0.25) is 0 Å². The molecule has 0 aromatic heterocycles. The van der Waals surface area contributed by atoms with Crippen molar-refractivity contribution in [3.05, 3.63) is 0 Å². The van der Waals surface area contributed by atoms with Crippen LogP contribution in [0.15, 0.2) is 0 Å². The Hall–Kier alpha value is -0.610. The molecule has 0 aromatic rings. The second kappa shape index (κ2) is 7.59. The number of hydrogen-bond acceptors (Lipinski definition) is 4. The maximum Gasteiger partial charge on any atom is 0.308 e. The van der Waals surface area contributed by atoms with Gasteiger partial charge in [0.15, 0.2) is 0 Å². The molecular formula is C17H31NO3. The molecule has 1 N–H and O–H groups in total. The van der Waals surface area contributed by atoms with Crippen molar-refractivity contribution in [3.8, 4) is 0 Å². The van der Waals surface area contributed by atoms with E-state index in [0.29, 0.717) is 18.7 Å². The van der Waals surface area contributed by atoms with E-state index in [0.717, 1.165) is 51.6 Å². The van der Waals surface area contributed by atoms with E-state index in [-0.39, 0.29) is 17.5 Å². The zero-order chi connectivity index (χ0) is 15.3. The van der Waals surface area contributed by atoms with Gasteiger partial charge in [0.25, 0.3) is 0 Å². The van der Waals surface area contributed by atoms with Crippen LogP contribution < -0.4 is 5.32 Å². The number of ether oxygens (including phenoxy) is 2. The highest BCUT2D eigenvalue weighted by Gasteiger charge is 2.34. The minimum Gasteiger partial charge on any atom is -0.466 e. The molecule has 0 aromatic carbocycles. The highest BCUT2D eigenvalue weighted by molar-refractivity contribution is 5.72. The van der Waals surface area contributed by atoms with Crippen LogP contribution in [0.1, 0.15) is 65.7 Å². The molecule has 0 bridgehead atoms. The topological polar surface area (TPSA) is 47.6 Å². The number of carbonyl (C=O) groups excluding carboxylic acids is 1. The molecule has 2 atom stereocenters. The van der Waals surface area contributed by atoms with Crippen LogP contribution in [-0.4, -0.2) is 36.9 Å². The summed E-state index contributed by atoms with van der Waals surface area (Å²) in [5, 5.41) is 3.81. The van der Waals surface area contributed by atoms with E-state index in [1.807, 2.05) is 6.92 Å². The summed E-state index contributed by atoms with van der Waals surface area (Å²) in [7, 11) is 0. The minimum absolute atomic E-state index is 0.000532. The van der Waals surface area contributed by atoms with Crippen molar-refractivity contribution in [2.45, 2.75) is 83.4 Å². The van der Waals surface area contributed by atoms with Crippen LogP contribution >= 0.6 is 0 Å². The van der Waals surface area contributed by atoms with Gasteiger partial charge in [0, 0.05) is 18.7 Å². The molecule has 2 rings (SSSR count). The van der Waals surface area contributed by atoms with Crippen LogP contribution in [0.5, 0.6) is 0 Å². The van der Waals surface area contributed by atoms with Crippen LogP contribution in [0.3, 0.4) is 0 Å². The van der Waals surface area contributed by atoms with Crippen LogP contribution in [-0.2, 0) is 14.3 Å². The molecule has 1 heterocycles. The average Bonchev–Trinajstić information content (AvgIpc) is 2.48. The summed E-state index contributed by atoms with van der Waals surface area (Å²) >= 11 is 0. The summed E-state index contributed by atoms with van der Waals surface area (Å²) in [6.07, 6.45) is 7.37. The van der Waals surface area contributed by atoms with E-state index in [1.54, 1.807) is 0 Å². The lowest BCUT2D eigenvalue weighted by atomic mass is 9.84. The Balaban J connectivity index is 1.74. The van der Waals surface area contributed by atoms with Crippen molar-refractivity contribution in [2.75, 3.05) is 13.2 Å².